The number of benzene rings is 1. The topological polar surface area (TPSA) is 102 Å². The van der Waals surface area contributed by atoms with Gasteiger partial charge in [-0.15, -0.1) is 5.10 Å². The molecule has 0 atom stereocenters. The second-order valence-electron chi connectivity index (χ2n) is 7.29. The molecule has 0 spiro atoms. The van der Waals surface area contributed by atoms with Crippen LogP contribution in [0.3, 0.4) is 0 Å². The Labute approximate surface area is 169 Å². The number of anilines is 3. The molecule has 1 aliphatic rings. The number of aromatic nitrogens is 4. The molecule has 0 saturated heterocycles. The van der Waals surface area contributed by atoms with Crippen LogP contribution in [0.25, 0.3) is 5.82 Å². The summed E-state index contributed by atoms with van der Waals surface area (Å²) in [6.07, 6.45) is 5.10. The number of carbonyl (C=O) groups is 1. The molecule has 1 aliphatic carbocycles. The molecule has 2 aromatic heterocycles. The van der Waals surface area contributed by atoms with Gasteiger partial charge in [0.15, 0.2) is 5.82 Å². The Bertz CT molecular complexity index is 964. The lowest BCUT2D eigenvalue weighted by atomic mass is 10.1. The highest BCUT2D eigenvalue weighted by atomic mass is 16.2. The van der Waals surface area contributed by atoms with Gasteiger partial charge in [0.05, 0.1) is 0 Å². The highest BCUT2D eigenvalue weighted by Gasteiger charge is 2.26. The third kappa shape index (κ3) is 4.53. The first-order valence-corrected chi connectivity index (χ1v) is 9.94. The molecule has 0 bridgehead atoms. The molecule has 1 saturated carbocycles. The monoisotopic (exact) mass is 391 g/mol. The molecule has 8 heteroatoms. The zero-order valence-corrected chi connectivity index (χ0v) is 16.5. The Morgan fingerprint density at radius 1 is 1.24 bits per heavy atom. The van der Waals surface area contributed by atoms with E-state index in [0.717, 1.165) is 25.2 Å². The summed E-state index contributed by atoms with van der Waals surface area (Å²) < 4.78 is 1.47. The van der Waals surface area contributed by atoms with Crippen LogP contribution in [0.4, 0.5) is 17.6 Å². The van der Waals surface area contributed by atoms with Gasteiger partial charge in [-0.1, -0.05) is 13.0 Å². The van der Waals surface area contributed by atoms with E-state index in [4.69, 9.17) is 5.73 Å². The van der Waals surface area contributed by atoms with E-state index in [1.807, 2.05) is 41.3 Å². The maximum Gasteiger partial charge on any atom is 0.253 e. The van der Waals surface area contributed by atoms with Gasteiger partial charge in [-0.25, -0.2) is 4.98 Å². The minimum absolute atomic E-state index is 0.0899. The highest BCUT2D eigenvalue weighted by molar-refractivity contribution is 5.94. The number of hydrogen-bond acceptors (Lipinski definition) is 6. The molecule has 0 radical (unpaired) electrons. The van der Waals surface area contributed by atoms with E-state index in [2.05, 4.69) is 27.3 Å². The van der Waals surface area contributed by atoms with E-state index < -0.39 is 0 Å². The van der Waals surface area contributed by atoms with E-state index >= 15 is 0 Å². The van der Waals surface area contributed by atoms with Crippen LogP contribution >= 0.6 is 0 Å². The van der Waals surface area contributed by atoms with Crippen LogP contribution in [0.5, 0.6) is 0 Å². The standard InChI is InChI=1S/C21H25N7O/c1-2-13-27(14-15-6-7-15)19(29)16-8-10-17(11-9-16)24-21-25-20(22)28(26-21)18-5-3-4-12-23-18/h3-5,8-12,15H,2,6-7,13-14H2,1H3,(H3,22,24,25,26). The number of hydrogen-bond donors (Lipinski definition) is 2. The summed E-state index contributed by atoms with van der Waals surface area (Å²) >= 11 is 0. The fourth-order valence-electron chi connectivity index (χ4n) is 3.19. The molecule has 2 heterocycles. The summed E-state index contributed by atoms with van der Waals surface area (Å²) in [4.78, 5) is 23.3. The maximum atomic E-state index is 12.8. The average molecular weight is 391 g/mol. The molecule has 1 amide bonds. The molecule has 1 fully saturated rings. The van der Waals surface area contributed by atoms with Crippen LogP contribution in [0.1, 0.15) is 36.5 Å². The summed E-state index contributed by atoms with van der Waals surface area (Å²) in [5.41, 5.74) is 7.43. The van der Waals surface area contributed by atoms with Gasteiger partial charge in [0, 0.05) is 30.5 Å². The van der Waals surface area contributed by atoms with Crippen LogP contribution in [0.2, 0.25) is 0 Å². The molecule has 3 aromatic rings. The first-order valence-electron chi connectivity index (χ1n) is 9.94. The van der Waals surface area contributed by atoms with Crippen molar-refractivity contribution in [2.75, 3.05) is 24.1 Å². The number of amides is 1. The maximum absolute atomic E-state index is 12.8. The Morgan fingerprint density at radius 2 is 2.03 bits per heavy atom. The number of carbonyl (C=O) groups excluding carboxylic acids is 1. The zero-order chi connectivity index (χ0) is 20.2. The number of nitrogen functional groups attached to an aromatic ring is 1. The minimum atomic E-state index is 0.0899. The van der Waals surface area contributed by atoms with E-state index in [9.17, 15) is 4.79 Å². The largest absolute Gasteiger partial charge is 0.368 e. The fourth-order valence-corrected chi connectivity index (χ4v) is 3.19. The molecule has 8 nitrogen and oxygen atoms in total. The van der Waals surface area contributed by atoms with Crippen LogP contribution in [-0.2, 0) is 0 Å². The third-order valence-electron chi connectivity index (χ3n) is 4.84. The van der Waals surface area contributed by atoms with E-state index in [1.165, 1.54) is 17.5 Å². The molecule has 150 valence electrons. The van der Waals surface area contributed by atoms with E-state index in [-0.39, 0.29) is 11.9 Å². The minimum Gasteiger partial charge on any atom is -0.368 e. The quantitative estimate of drug-likeness (QED) is 0.611. The lowest BCUT2D eigenvalue weighted by molar-refractivity contribution is 0.0748. The van der Waals surface area contributed by atoms with Crippen molar-refractivity contribution in [1.82, 2.24) is 24.6 Å². The van der Waals surface area contributed by atoms with E-state index in [0.29, 0.717) is 23.2 Å². The van der Waals surface area contributed by atoms with Gasteiger partial charge in [0.1, 0.15) is 0 Å². The second kappa shape index (κ2) is 8.30. The van der Waals surface area contributed by atoms with E-state index in [1.54, 1.807) is 12.3 Å². The predicted molar refractivity (Wildman–Crippen MR) is 112 cm³/mol. The molecule has 29 heavy (non-hydrogen) atoms. The summed E-state index contributed by atoms with van der Waals surface area (Å²) in [7, 11) is 0. The number of nitrogens with zero attached hydrogens (tertiary/aromatic N) is 5. The lowest BCUT2D eigenvalue weighted by Crippen LogP contribution is -2.33. The average Bonchev–Trinajstić information content (AvgIpc) is 3.49. The zero-order valence-electron chi connectivity index (χ0n) is 16.5. The summed E-state index contributed by atoms with van der Waals surface area (Å²) in [6.45, 7) is 3.76. The first kappa shape index (κ1) is 18.9. The summed E-state index contributed by atoms with van der Waals surface area (Å²) in [5, 5.41) is 7.48. The second-order valence-corrected chi connectivity index (χ2v) is 7.29. The Morgan fingerprint density at radius 3 is 2.69 bits per heavy atom. The first-order chi connectivity index (χ1) is 14.1. The molecule has 0 unspecified atom stereocenters. The number of nitrogens with two attached hydrogens (primary N) is 1. The molecule has 4 rings (SSSR count). The van der Waals surface area contributed by atoms with Gasteiger partial charge in [-0.2, -0.15) is 9.67 Å². The normalized spacial score (nSPS) is 13.3. The van der Waals surface area contributed by atoms with Crippen molar-refractivity contribution in [3.05, 3.63) is 54.2 Å². The van der Waals surface area contributed by atoms with Gasteiger partial charge in [0.25, 0.3) is 5.91 Å². The number of rotatable bonds is 8. The Balaban J connectivity index is 1.45. The molecule has 0 aliphatic heterocycles. The van der Waals surface area contributed by atoms with Gasteiger partial charge < -0.3 is 16.0 Å². The third-order valence-corrected chi connectivity index (χ3v) is 4.84. The molecule has 3 N–H and O–H groups in total. The van der Waals surface area contributed by atoms with Gasteiger partial charge in [-0.05, 0) is 61.6 Å². The van der Waals surface area contributed by atoms with Crippen LogP contribution in [0, 0.1) is 5.92 Å². The number of nitrogens with one attached hydrogen (secondary N) is 1. The predicted octanol–water partition coefficient (Wildman–Crippen LogP) is 3.25. The SMILES string of the molecule is CCCN(CC1CC1)C(=O)c1ccc(Nc2nc(N)n(-c3ccccn3)n2)cc1. The molecular formula is C21H25N7O. The van der Waals surface area contributed by atoms with Gasteiger partial charge in [0.2, 0.25) is 11.9 Å². The molecule has 1 aromatic carbocycles. The Kier molecular flexibility index (Phi) is 5.41. The summed E-state index contributed by atoms with van der Waals surface area (Å²) in [5.74, 6) is 1.98. The van der Waals surface area contributed by atoms with Crippen LogP contribution < -0.4 is 11.1 Å². The van der Waals surface area contributed by atoms with Crippen LogP contribution in [-0.4, -0.2) is 43.6 Å². The summed E-state index contributed by atoms with van der Waals surface area (Å²) in [6, 6.07) is 12.9. The van der Waals surface area contributed by atoms with Crippen molar-refractivity contribution in [2.45, 2.75) is 26.2 Å². The van der Waals surface area contributed by atoms with Crippen molar-refractivity contribution < 1.29 is 4.79 Å². The van der Waals surface area contributed by atoms with Gasteiger partial charge in [-0.3, -0.25) is 4.79 Å². The molecular weight excluding hydrogens is 366 g/mol. The highest BCUT2D eigenvalue weighted by Crippen LogP contribution is 2.30. The van der Waals surface area contributed by atoms with Gasteiger partial charge >= 0.3 is 0 Å². The number of pyridine rings is 1. The van der Waals surface area contributed by atoms with Crippen molar-refractivity contribution in [2.24, 2.45) is 5.92 Å². The van der Waals surface area contributed by atoms with Crippen LogP contribution in [0.15, 0.2) is 48.7 Å². The van der Waals surface area contributed by atoms with Crippen molar-refractivity contribution in [1.29, 1.82) is 0 Å². The van der Waals surface area contributed by atoms with Crippen molar-refractivity contribution in [3.8, 4) is 5.82 Å². The fraction of sp³-hybridized carbons (Fsp3) is 0.333. The smallest absolute Gasteiger partial charge is 0.253 e. The van der Waals surface area contributed by atoms with Crippen molar-refractivity contribution in [3.63, 3.8) is 0 Å². The Hall–Kier alpha value is -3.42. The lowest BCUT2D eigenvalue weighted by Gasteiger charge is -2.22. The van der Waals surface area contributed by atoms with Crippen molar-refractivity contribution >= 4 is 23.5 Å².